The van der Waals surface area contributed by atoms with Crippen molar-refractivity contribution in [3.8, 4) is 0 Å². The Labute approximate surface area is 581 Å². The molecule has 0 saturated carbocycles. The average Bonchev–Trinajstić information content (AvgIpc) is 1.41. The first-order chi connectivity index (χ1) is 46.1. The molecule has 0 heterocycles. The van der Waals surface area contributed by atoms with Gasteiger partial charge in [-0.15, -0.1) is 0 Å². The minimum Gasteiger partial charge on any atom is -0.462 e. The molecule has 0 aliphatic heterocycles. The molecule has 0 amide bonds. The van der Waals surface area contributed by atoms with E-state index in [4.69, 9.17) is 37.0 Å². The number of esters is 4. The number of ether oxygens (including phenoxy) is 4. The van der Waals surface area contributed by atoms with Gasteiger partial charge in [0.25, 0.3) is 0 Å². The molecular weight excluding hydrogens is 1250 g/mol. The van der Waals surface area contributed by atoms with Gasteiger partial charge in [0.05, 0.1) is 26.4 Å². The molecule has 3 unspecified atom stereocenters. The number of rotatable bonds is 76. The van der Waals surface area contributed by atoms with Gasteiger partial charge in [-0.05, 0) is 31.6 Å². The van der Waals surface area contributed by atoms with Gasteiger partial charge in [0.15, 0.2) is 12.2 Å². The zero-order valence-electron chi connectivity index (χ0n) is 61.8. The van der Waals surface area contributed by atoms with Gasteiger partial charge in [0, 0.05) is 25.7 Å². The van der Waals surface area contributed by atoms with E-state index in [0.29, 0.717) is 25.7 Å². The number of carbonyl (C=O) groups excluding carboxylic acids is 4. The van der Waals surface area contributed by atoms with Gasteiger partial charge in [-0.3, -0.25) is 37.3 Å². The van der Waals surface area contributed by atoms with Gasteiger partial charge in [-0.1, -0.05) is 349 Å². The lowest BCUT2D eigenvalue weighted by atomic mass is 9.99. The lowest BCUT2D eigenvalue weighted by Crippen LogP contribution is -2.30. The second-order valence-electron chi connectivity index (χ2n) is 27.6. The smallest absolute Gasteiger partial charge is 0.462 e. The lowest BCUT2D eigenvalue weighted by molar-refractivity contribution is -0.161. The SMILES string of the molecule is CCCCCCCCCCCCCCCCCCC(=O)OC[C@H](COP(=O)(O)OC[C@@H](O)COP(=O)(O)OC[C@@H](COC(=O)CCCCCCCCCC)OC(=O)CCCCCCCCCCC)OC(=O)CCCCCCCCCCCCCCCCCCCCC(C)CC. The quantitative estimate of drug-likeness (QED) is 0.0222. The first-order valence-electron chi connectivity index (χ1n) is 39.7. The predicted octanol–water partition coefficient (Wildman–Crippen LogP) is 22.5. The maximum atomic E-state index is 13.1. The highest BCUT2D eigenvalue weighted by atomic mass is 31.2. The van der Waals surface area contributed by atoms with E-state index in [9.17, 15) is 43.2 Å². The topological polar surface area (TPSA) is 237 Å². The maximum absolute atomic E-state index is 13.1. The van der Waals surface area contributed by atoms with Gasteiger partial charge >= 0.3 is 39.5 Å². The number of phosphoric ester groups is 2. The Hall–Kier alpha value is -1.94. The van der Waals surface area contributed by atoms with E-state index in [0.717, 1.165) is 102 Å². The highest BCUT2D eigenvalue weighted by Gasteiger charge is 2.30. The van der Waals surface area contributed by atoms with E-state index in [1.807, 2.05) is 0 Å². The second kappa shape index (κ2) is 69.2. The standard InChI is InChI=1S/C76H148O17P2/c1-6-10-13-16-19-22-23-24-25-31-34-37-41-45-50-55-60-74(79)87-66-72(93-76(81)62-57-52-47-42-38-35-32-29-27-26-28-30-33-36-40-43-48-53-58-69(5)9-4)68-91-95(84,85)89-64-70(77)63-88-94(82,83)90-67-71(65-86-73(78)59-54-49-44-21-18-15-12-8-3)92-75(80)61-56-51-46-39-20-17-14-11-7-2/h69-72,77H,6-68H2,1-5H3,(H,82,83)(H,84,85)/t69?,70-,71+,72+/m0/s1. The summed E-state index contributed by atoms with van der Waals surface area (Å²) in [6.45, 7) is 7.31. The Kier molecular flexibility index (Phi) is 67.7. The number of hydrogen-bond donors (Lipinski definition) is 3. The molecule has 0 radical (unpaired) electrons. The summed E-state index contributed by atoms with van der Waals surface area (Å²) >= 11 is 0. The molecule has 0 aliphatic rings. The highest BCUT2D eigenvalue weighted by Crippen LogP contribution is 2.45. The number of carbonyl (C=O) groups is 4. The van der Waals surface area contributed by atoms with Crippen LogP contribution in [0.2, 0.25) is 0 Å². The fourth-order valence-electron chi connectivity index (χ4n) is 11.7. The number of aliphatic hydroxyl groups excluding tert-OH is 1. The molecular formula is C76H148O17P2. The van der Waals surface area contributed by atoms with E-state index in [-0.39, 0.29) is 25.7 Å². The Morgan fingerprint density at radius 2 is 0.505 bits per heavy atom. The van der Waals surface area contributed by atoms with Crippen molar-refractivity contribution in [1.29, 1.82) is 0 Å². The van der Waals surface area contributed by atoms with Crippen LogP contribution >= 0.6 is 15.6 Å². The Morgan fingerprint density at radius 1 is 0.295 bits per heavy atom. The van der Waals surface area contributed by atoms with Crippen molar-refractivity contribution in [1.82, 2.24) is 0 Å². The van der Waals surface area contributed by atoms with Gasteiger partial charge in [0.2, 0.25) is 0 Å². The van der Waals surface area contributed by atoms with Crippen LogP contribution < -0.4 is 0 Å². The minimum absolute atomic E-state index is 0.106. The Morgan fingerprint density at radius 3 is 0.747 bits per heavy atom. The van der Waals surface area contributed by atoms with Crippen LogP contribution in [0, 0.1) is 5.92 Å². The molecule has 0 rings (SSSR count). The summed E-state index contributed by atoms with van der Waals surface area (Å²) in [5.41, 5.74) is 0. The van der Waals surface area contributed by atoms with Crippen LogP contribution in [0.25, 0.3) is 0 Å². The average molecular weight is 1400 g/mol. The van der Waals surface area contributed by atoms with Gasteiger partial charge in [-0.2, -0.15) is 0 Å². The fourth-order valence-corrected chi connectivity index (χ4v) is 13.3. The summed E-state index contributed by atoms with van der Waals surface area (Å²) in [5, 5.41) is 10.6. The van der Waals surface area contributed by atoms with E-state index >= 15 is 0 Å². The first-order valence-corrected chi connectivity index (χ1v) is 42.7. The number of unbranched alkanes of at least 4 members (excludes halogenated alkanes) is 47. The zero-order valence-corrected chi connectivity index (χ0v) is 63.6. The molecule has 0 aromatic carbocycles. The van der Waals surface area contributed by atoms with Crippen LogP contribution in [0.4, 0.5) is 0 Å². The van der Waals surface area contributed by atoms with Crippen LogP contribution in [0.3, 0.4) is 0 Å². The normalized spacial score (nSPS) is 14.2. The molecule has 6 atom stereocenters. The summed E-state index contributed by atoms with van der Waals surface area (Å²) in [6, 6.07) is 0. The summed E-state index contributed by atoms with van der Waals surface area (Å²) in [5.74, 6) is -1.25. The molecule has 19 heteroatoms. The first kappa shape index (κ1) is 93.1. The van der Waals surface area contributed by atoms with Crippen molar-refractivity contribution in [2.45, 2.75) is 419 Å². The summed E-state index contributed by atoms with van der Waals surface area (Å²) < 4.78 is 68.4. The van der Waals surface area contributed by atoms with E-state index < -0.39 is 97.5 Å². The molecule has 564 valence electrons. The van der Waals surface area contributed by atoms with Crippen molar-refractivity contribution in [3.63, 3.8) is 0 Å². The fraction of sp³-hybridized carbons (Fsp3) is 0.947. The third kappa shape index (κ3) is 69.0. The molecule has 0 fully saturated rings. The predicted molar refractivity (Wildman–Crippen MR) is 386 cm³/mol. The molecule has 0 aromatic rings. The molecule has 0 saturated heterocycles. The molecule has 17 nitrogen and oxygen atoms in total. The molecule has 95 heavy (non-hydrogen) atoms. The number of hydrogen-bond acceptors (Lipinski definition) is 15. The molecule has 0 bridgehead atoms. The number of phosphoric acid groups is 2. The van der Waals surface area contributed by atoms with E-state index in [2.05, 4.69) is 34.6 Å². The minimum atomic E-state index is -4.96. The third-order valence-corrected chi connectivity index (χ3v) is 20.0. The molecule has 3 N–H and O–H groups in total. The van der Waals surface area contributed by atoms with Crippen LogP contribution in [-0.2, 0) is 65.4 Å². The Balaban J connectivity index is 5.15. The third-order valence-electron chi connectivity index (χ3n) is 18.1. The monoisotopic (exact) mass is 1400 g/mol. The van der Waals surface area contributed by atoms with E-state index in [1.165, 1.54) is 218 Å². The van der Waals surface area contributed by atoms with Crippen molar-refractivity contribution in [3.05, 3.63) is 0 Å². The van der Waals surface area contributed by atoms with Crippen LogP contribution in [0.1, 0.15) is 401 Å². The summed E-state index contributed by atoms with van der Waals surface area (Å²) in [4.78, 5) is 72.6. The maximum Gasteiger partial charge on any atom is 0.472 e. The largest absolute Gasteiger partial charge is 0.472 e. The van der Waals surface area contributed by atoms with Crippen LogP contribution in [0.5, 0.6) is 0 Å². The van der Waals surface area contributed by atoms with Gasteiger partial charge < -0.3 is 33.8 Å². The van der Waals surface area contributed by atoms with Crippen molar-refractivity contribution >= 4 is 39.5 Å². The van der Waals surface area contributed by atoms with Crippen molar-refractivity contribution < 1.29 is 80.2 Å². The number of aliphatic hydroxyl groups is 1. The molecule has 0 spiro atoms. The van der Waals surface area contributed by atoms with Gasteiger partial charge in [0.1, 0.15) is 19.3 Å². The van der Waals surface area contributed by atoms with Crippen molar-refractivity contribution in [2.75, 3.05) is 39.6 Å². The zero-order chi connectivity index (χ0) is 69.8. The lowest BCUT2D eigenvalue weighted by Gasteiger charge is -2.21. The van der Waals surface area contributed by atoms with E-state index in [1.54, 1.807) is 0 Å². The molecule has 0 aromatic heterocycles. The summed E-state index contributed by atoms with van der Waals surface area (Å²) in [7, 11) is -9.90. The summed E-state index contributed by atoms with van der Waals surface area (Å²) in [6.07, 6.45) is 58.4. The highest BCUT2D eigenvalue weighted by molar-refractivity contribution is 7.47. The van der Waals surface area contributed by atoms with Gasteiger partial charge in [-0.25, -0.2) is 9.13 Å². The van der Waals surface area contributed by atoms with Crippen LogP contribution in [-0.4, -0.2) is 96.7 Å². The van der Waals surface area contributed by atoms with Crippen molar-refractivity contribution in [2.24, 2.45) is 5.92 Å². The van der Waals surface area contributed by atoms with Crippen LogP contribution in [0.15, 0.2) is 0 Å². The second-order valence-corrected chi connectivity index (χ2v) is 30.5. The Bertz CT molecular complexity index is 1820. The molecule has 0 aliphatic carbocycles.